The summed E-state index contributed by atoms with van der Waals surface area (Å²) in [5, 5.41) is 9.17. The van der Waals surface area contributed by atoms with Crippen molar-refractivity contribution < 1.29 is 9.90 Å². The number of likely N-dealkylation sites (N-methyl/N-ethyl adjacent to an activating group) is 1. The molecule has 0 aromatic rings. The van der Waals surface area contributed by atoms with Gasteiger partial charge in [-0.25, -0.2) is 0 Å². The number of carbonyl (C=O) groups excluding carboxylic acids is 1. The van der Waals surface area contributed by atoms with Crippen LogP contribution < -0.4 is 5.73 Å². The lowest BCUT2D eigenvalue weighted by Gasteiger charge is -2.35. The summed E-state index contributed by atoms with van der Waals surface area (Å²) in [5.74, 6) is 0.497. The maximum absolute atomic E-state index is 11.8. The predicted octanol–water partition coefficient (Wildman–Crippen LogP) is 0.733. The summed E-state index contributed by atoms with van der Waals surface area (Å²) < 4.78 is 0. The first kappa shape index (κ1) is 13.5. The van der Waals surface area contributed by atoms with E-state index in [1.807, 2.05) is 0 Å². The van der Waals surface area contributed by atoms with Crippen LogP contribution in [0.5, 0.6) is 0 Å². The number of hydrogen-bond acceptors (Lipinski definition) is 3. The lowest BCUT2D eigenvalue weighted by atomic mass is 9.82. The summed E-state index contributed by atoms with van der Waals surface area (Å²) in [4.78, 5) is 13.6. The SMILES string of the molecule is CCCCC(N)C(=O)N(C)CC1CC(O)C1. The molecule has 4 heteroatoms. The van der Waals surface area contributed by atoms with Gasteiger partial charge in [-0.15, -0.1) is 0 Å². The molecule has 1 aliphatic carbocycles. The van der Waals surface area contributed by atoms with E-state index < -0.39 is 0 Å². The Morgan fingerprint density at radius 1 is 1.56 bits per heavy atom. The molecule has 4 nitrogen and oxygen atoms in total. The van der Waals surface area contributed by atoms with Crippen LogP contribution in [0.4, 0.5) is 0 Å². The van der Waals surface area contributed by atoms with Gasteiger partial charge in [-0.3, -0.25) is 4.79 Å². The highest BCUT2D eigenvalue weighted by Crippen LogP contribution is 2.27. The normalized spacial score (nSPS) is 26.0. The molecule has 0 aromatic heterocycles. The number of unbranched alkanes of at least 4 members (excludes halogenated alkanes) is 1. The van der Waals surface area contributed by atoms with Crippen molar-refractivity contribution in [1.29, 1.82) is 0 Å². The minimum absolute atomic E-state index is 0.0369. The molecule has 1 amide bonds. The first-order chi connectivity index (χ1) is 7.54. The number of carbonyl (C=O) groups is 1. The van der Waals surface area contributed by atoms with Gasteiger partial charge in [-0.05, 0) is 25.2 Å². The summed E-state index contributed by atoms with van der Waals surface area (Å²) in [6, 6.07) is -0.352. The predicted molar refractivity (Wildman–Crippen MR) is 63.9 cm³/mol. The molecule has 1 aliphatic rings. The van der Waals surface area contributed by atoms with Gasteiger partial charge in [0.2, 0.25) is 5.91 Å². The monoisotopic (exact) mass is 228 g/mol. The Bertz CT molecular complexity index is 227. The van der Waals surface area contributed by atoms with Crippen molar-refractivity contribution in [3.8, 4) is 0 Å². The molecule has 0 aliphatic heterocycles. The Morgan fingerprint density at radius 3 is 2.69 bits per heavy atom. The van der Waals surface area contributed by atoms with E-state index in [2.05, 4.69) is 6.92 Å². The van der Waals surface area contributed by atoms with Gasteiger partial charge < -0.3 is 15.7 Å². The number of aliphatic hydroxyl groups is 1. The van der Waals surface area contributed by atoms with Gasteiger partial charge in [0.05, 0.1) is 12.1 Å². The van der Waals surface area contributed by atoms with E-state index in [-0.39, 0.29) is 18.1 Å². The standard InChI is InChI=1S/C12H24N2O2/c1-3-4-5-11(13)12(16)14(2)8-9-6-10(15)7-9/h9-11,15H,3-8,13H2,1-2H3. The van der Waals surface area contributed by atoms with E-state index in [9.17, 15) is 4.79 Å². The summed E-state index contributed by atoms with van der Waals surface area (Å²) in [6.45, 7) is 2.83. The quantitative estimate of drug-likeness (QED) is 0.704. The van der Waals surface area contributed by atoms with Crippen LogP contribution in [0.3, 0.4) is 0 Å². The molecule has 1 fully saturated rings. The number of rotatable bonds is 6. The van der Waals surface area contributed by atoms with Crippen LogP contribution in [0.1, 0.15) is 39.0 Å². The van der Waals surface area contributed by atoms with Gasteiger partial charge in [0.25, 0.3) is 0 Å². The highest BCUT2D eigenvalue weighted by atomic mass is 16.3. The van der Waals surface area contributed by atoms with Gasteiger partial charge in [-0.2, -0.15) is 0 Å². The van der Waals surface area contributed by atoms with Crippen molar-refractivity contribution in [3.05, 3.63) is 0 Å². The van der Waals surface area contributed by atoms with E-state index >= 15 is 0 Å². The maximum atomic E-state index is 11.8. The molecule has 1 atom stereocenters. The van der Waals surface area contributed by atoms with E-state index in [0.717, 1.165) is 38.6 Å². The van der Waals surface area contributed by atoms with Gasteiger partial charge >= 0.3 is 0 Å². The summed E-state index contributed by atoms with van der Waals surface area (Å²) >= 11 is 0. The topological polar surface area (TPSA) is 66.6 Å². The molecule has 1 unspecified atom stereocenters. The highest BCUT2D eigenvalue weighted by molar-refractivity contribution is 5.81. The van der Waals surface area contributed by atoms with E-state index in [4.69, 9.17) is 10.8 Å². The van der Waals surface area contributed by atoms with Crippen LogP contribution in [-0.2, 0) is 4.79 Å². The van der Waals surface area contributed by atoms with Crippen LogP contribution in [0.15, 0.2) is 0 Å². The summed E-state index contributed by atoms with van der Waals surface area (Å²) in [7, 11) is 1.80. The number of nitrogens with zero attached hydrogens (tertiary/aromatic N) is 1. The van der Waals surface area contributed by atoms with Gasteiger partial charge in [-0.1, -0.05) is 19.8 Å². The van der Waals surface area contributed by atoms with E-state index in [1.165, 1.54) is 0 Å². The van der Waals surface area contributed by atoms with E-state index in [1.54, 1.807) is 11.9 Å². The molecular formula is C12H24N2O2. The molecule has 0 heterocycles. The van der Waals surface area contributed by atoms with Gasteiger partial charge in [0.1, 0.15) is 0 Å². The zero-order valence-electron chi connectivity index (χ0n) is 10.4. The van der Waals surface area contributed by atoms with Crippen LogP contribution in [0.25, 0.3) is 0 Å². The molecule has 3 N–H and O–H groups in total. The highest BCUT2D eigenvalue weighted by Gasteiger charge is 2.29. The molecule has 1 saturated carbocycles. The Balaban J connectivity index is 2.24. The molecule has 16 heavy (non-hydrogen) atoms. The van der Waals surface area contributed by atoms with Crippen molar-refractivity contribution in [2.45, 2.75) is 51.2 Å². The average Bonchev–Trinajstić information content (AvgIpc) is 2.22. The average molecular weight is 228 g/mol. The second kappa shape index (κ2) is 6.21. The first-order valence-electron chi connectivity index (χ1n) is 6.23. The number of amides is 1. The Morgan fingerprint density at radius 2 is 2.19 bits per heavy atom. The Hall–Kier alpha value is -0.610. The van der Waals surface area contributed by atoms with Gasteiger partial charge in [0, 0.05) is 13.6 Å². The fraction of sp³-hybridized carbons (Fsp3) is 0.917. The van der Waals surface area contributed by atoms with Crippen molar-refractivity contribution in [2.24, 2.45) is 11.7 Å². The molecule has 0 bridgehead atoms. The fourth-order valence-electron chi connectivity index (χ4n) is 2.16. The molecule has 0 saturated heterocycles. The van der Waals surface area contributed by atoms with Crippen molar-refractivity contribution in [2.75, 3.05) is 13.6 Å². The molecule has 94 valence electrons. The summed E-state index contributed by atoms with van der Waals surface area (Å²) in [6.07, 6.45) is 4.33. The van der Waals surface area contributed by atoms with Crippen LogP contribution >= 0.6 is 0 Å². The zero-order chi connectivity index (χ0) is 12.1. The van der Waals surface area contributed by atoms with Crippen molar-refractivity contribution >= 4 is 5.91 Å². The lowest BCUT2D eigenvalue weighted by Crippen LogP contribution is -2.46. The second-order valence-corrected chi connectivity index (χ2v) is 4.96. The number of hydrogen-bond donors (Lipinski definition) is 2. The van der Waals surface area contributed by atoms with Crippen LogP contribution in [-0.4, -0.2) is 41.7 Å². The van der Waals surface area contributed by atoms with Crippen LogP contribution in [0, 0.1) is 5.92 Å². The lowest BCUT2D eigenvalue weighted by molar-refractivity contribution is -0.133. The van der Waals surface area contributed by atoms with E-state index in [0.29, 0.717) is 5.92 Å². The summed E-state index contributed by atoms with van der Waals surface area (Å²) in [5.41, 5.74) is 5.83. The number of aliphatic hydroxyl groups excluding tert-OH is 1. The Kier molecular flexibility index (Phi) is 5.22. The molecule has 0 aromatic carbocycles. The second-order valence-electron chi connectivity index (χ2n) is 4.96. The molecular weight excluding hydrogens is 204 g/mol. The van der Waals surface area contributed by atoms with Gasteiger partial charge in [0.15, 0.2) is 0 Å². The van der Waals surface area contributed by atoms with Crippen molar-refractivity contribution in [3.63, 3.8) is 0 Å². The smallest absolute Gasteiger partial charge is 0.239 e. The largest absolute Gasteiger partial charge is 0.393 e. The third kappa shape index (κ3) is 3.76. The third-order valence-electron chi connectivity index (χ3n) is 3.30. The van der Waals surface area contributed by atoms with Crippen molar-refractivity contribution in [1.82, 2.24) is 4.90 Å². The zero-order valence-corrected chi connectivity index (χ0v) is 10.4. The van der Waals surface area contributed by atoms with Crippen LogP contribution in [0.2, 0.25) is 0 Å². The molecule has 0 radical (unpaired) electrons. The fourth-order valence-corrected chi connectivity index (χ4v) is 2.16. The first-order valence-corrected chi connectivity index (χ1v) is 6.23. The molecule has 0 spiro atoms. The molecule has 1 rings (SSSR count). The Labute approximate surface area is 97.8 Å². The minimum Gasteiger partial charge on any atom is -0.393 e. The third-order valence-corrected chi connectivity index (χ3v) is 3.30. The number of nitrogens with two attached hydrogens (primary N) is 1. The minimum atomic E-state index is -0.352. The maximum Gasteiger partial charge on any atom is 0.239 e.